The second-order valence-corrected chi connectivity index (χ2v) is 5.95. The van der Waals surface area contributed by atoms with E-state index in [1.165, 1.54) is 24.3 Å². The summed E-state index contributed by atoms with van der Waals surface area (Å²) in [5.74, 6) is -1.39. The number of hydrogen-bond acceptors (Lipinski definition) is 2. The zero-order chi connectivity index (χ0) is 15.0. The molecule has 0 saturated carbocycles. The number of benzene rings is 2. The van der Waals surface area contributed by atoms with Crippen LogP contribution in [0.4, 0.5) is 10.1 Å². The van der Waals surface area contributed by atoms with Gasteiger partial charge in [-0.2, -0.15) is 0 Å². The molecular weight excluding hydrogens is 391 g/mol. The fourth-order valence-electron chi connectivity index (χ4n) is 1.57. The van der Waals surface area contributed by atoms with Crippen molar-refractivity contribution in [2.24, 2.45) is 0 Å². The molecule has 0 amide bonds. The van der Waals surface area contributed by atoms with E-state index in [-0.39, 0.29) is 31.9 Å². The smallest absolute Gasteiger partial charge is 0.196 e. The molecular formula is C13H6BrCl3FNO. The molecule has 0 aliphatic rings. The zero-order valence-electron chi connectivity index (χ0n) is 9.68. The summed E-state index contributed by atoms with van der Waals surface area (Å²) in [6.45, 7) is 0. The molecule has 0 saturated heterocycles. The number of carbonyl (C=O) groups excluding carboxylic acids is 1. The van der Waals surface area contributed by atoms with Gasteiger partial charge >= 0.3 is 0 Å². The second kappa shape index (κ2) is 5.90. The third-order valence-electron chi connectivity index (χ3n) is 2.62. The molecule has 20 heavy (non-hydrogen) atoms. The number of rotatable bonds is 2. The Labute approximate surface area is 137 Å². The van der Waals surface area contributed by atoms with Crippen molar-refractivity contribution in [2.75, 3.05) is 5.73 Å². The SMILES string of the molecule is Nc1c(Cl)cc(C(=O)c2ccc(Br)c(Cl)c2F)cc1Cl. The Morgan fingerprint density at radius 2 is 1.70 bits per heavy atom. The highest BCUT2D eigenvalue weighted by atomic mass is 79.9. The monoisotopic (exact) mass is 395 g/mol. The summed E-state index contributed by atoms with van der Waals surface area (Å²) < 4.78 is 14.4. The first-order valence-electron chi connectivity index (χ1n) is 5.25. The van der Waals surface area contributed by atoms with E-state index in [4.69, 9.17) is 40.5 Å². The standard InChI is InChI=1S/C13H6BrCl3FNO/c14-7-2-1-6(11(18)10(7)17)13(20)5-3-8(15)12(19)9(16)4-5/h1-4H,19H2. The quantitative estimate of drug-likeness (QED) is 0.421. The Balaban J connectivity index is 2.55. The van der Waals surface area contributed by atoms with Crippen molar-refractivity contribution in [1.29, 1.82) is 0 Å². The zero-order valence-corrected chi connectivity index (χ0v) is 13.5. The van der Waals surface area contributed by atoms with Crippen molar-refractivity contribution in [3.8, 4) is 0 Å². The van der Waals surface area contributed by atoms with Gasteiger partial charge in [0.1, 0.15) is 0 Å². The van der Waals surface area contributed by atoms with Crippen LogP contribution in [-0.4, -0.2) is 5.78 Å². The number of halogens is 5. The van der Waals surface area contributed by atoms with Crippen LogP contribution in [0.2, 0.25) is 15.1 Å². The van der Waals surface area contributed by atoms with Crippen LogP contribution in [0.3, 0.4) is 0 Å². The fourth-order valence-corrected chi connectivity index (χ4v) is 2.53. The number of anilines is 1. The molecule has 7 heteroatoms. The van der Waals surface area contributed by atoms with E-state index in [9.17, 15) is 9.18 Å². The maximum absolute atomic E-state index is 14.0. The average molecular weight is 397 g/mol. The number of nitrogen functional groups attached to an aromatic ring is 1. The normalized spacial score (nSPS) is 10.7. The van der Waals surface area contributed by atoms with Crippen molar-refractivity contribution < 1.29 is 9.18 Å². The van der Waals surface area contributed by atoms with E-state index in [0.29, 0.717) is 4.47 Å². The van der Waals surface area contributed by atoms with Gasteiger partial charge in [-0.15, -0.1) is 0 Å². The molecule has 0 unspecified atom stereocenters. The molecule has 0 atom stereocenters. The van der Waals surface area contributed by atoms with Gasteiger partial charge in [-0.1, -0.05) is 34.8 Å². The molecule has 0 heterocycles. The number of nitrogens with two attached hydrogens (primary N) is 1. The average Bonchev–Trinajstić information content (AvgIpc) is 2.41. The third kappa shape index (κ3) is 2.79. The van der Waals surface area contributed by atoms with E-state index in [2.05, 4.69) is 15.9 Å². The molecule has 2 nitrogen and oxygen atoms in total. The maximum Gasteiger partial charge on any atom is 0.196 e. The van der Waals surface area contributed by atoms with Gasteiger partial charge in [-0.05, 0) is 40.2 Å². The molecule has 0 spiro atoms. The van der Waals surface area contributed by atoms with Gasteiger partial charge in [-0.3, -0.25) is 4.79 Å². The number of ketones is 1. The second-order valence-electron chi connectivity index (χ2n) is 3.91. The van der Waals surface area contributed by atoms with Gasteiger partial charge in [0.05, 0.1) is 26.3 Å². The Kier molecular flexibility index (Phi) is 4.59. The highest BCUT2D eigenvalue weighted by Crippen LogP contribution is 2.32. The Hall–Kier alpha value is -0.810. The van der Waals surface area contributed by atoms with Crippen molar-refractivity contribution >= 4 is 62.2 Å². The highest BCUT2D eigenvalue weighted by molar-refractivity contribution is 9.10. The van der Waals surface area contributed by atoms with Crippen LogP contribution >= 0.6 is 50.7 Å². The largest absolute Gasteiger partial charge is 0.396 e. The van der Waals surface area contributed by atoms with Gasteiger partial charge in [0, 0.05) is 10.0 Å². The van der Waals surface area contributed by atoms with Crippen LogP contribution in [0.25, 0.3) is 0 Å². The first-order valence-corrected chi connectivity index (χ1v) is 7.18. The molecule has 0 aliphatic heterocycles. The first kappa shape index (κ1) is 15.6. The summed E-state index contributed by atoms with van der Waals surface area (Å²) in [4.78, 5) is 12.3. The number of carbonyl (C=O) groups is 1. The lowest BCUT2D eigenvalue weighted by molar-refractivity contribution is 0.103. The van der Waals surface area contributed by atoms with Crippen LogP contribution in [0.15, 0.2) is 28.7 Å². The van der Waals surface area contributed by atoms with Crippen molar-refractivity contribution in [3.05, 3.63) is 60.8 Å². The predicted octanol–water partition coefficient (Wildman–Crippen LogP) is 5.36. The molecule has 0 bridgehead atoms. The first-order chi connectivity index (χ1) is 9.32. The van der Waals surface area contributed by atoms with E-state index >= 15 is 0 Å². The summed E-state index contributed by atoms with van der Waals surface area (Å²) in [6.07, 6.45) is 0. The molecule has 104 valence electrons. The Morgan fingerprint density at radius 1 is 1.15 bits per heavy atom. The summed E-state index contributed by atoms with van der Waals surface area (Å²) >= 11 is 20.5. The molecule has 2 aromatic rings. The molecule has 2 N–H and O–H groups in total. The topological polar surface area (TPSA) is 43.1 Å². The summed E-state index contributed by atoms with van der Waals surface area (Å²) in [7, 11) is 0. The maximum atomic E-state index is 14.0. The molecule has 0 aliphatic carbocycles. The van der Waals surface area contributed by atoms with Crippen LogP contribution in [0, 0.1) is 5.82 Å². The minimum Gasteiger partial charge on any atom is -0.396 e. The Morgan fingerprint density at radius 3 is 2.25 bits per heavy atom. The van der Waals surface area contributed by atoms with Crippen molar-refractivity contribution in [3.63, 3.8) is 0 Å². The highest BCUT2D eigenvalue weighted by Gasteiger charge is 2.19. The van der Waals surface area contributed by atoms with Gasteiger partial charge in [-0.25, -0.2) is 4.39 Å². The summed E-state index contributed by atoms with van der Waals surface area (Å²) in [5, 5.41) is 0.0948. The molecule has 0 fully saturated rings. The number of hydrogen-bond donors (Lipinski definition) is 1. The van der Waals surface area contributed by atoms with Gasteiger partial charge in [0.15, 0.2) is 11.6 Å². The van der Waals surface area contributed by atoms with Crippen LogP contribution in [0.5, 0.6) is 0 Å². The molecule has 0 radical (unpaired) electrons. The predicted molar refractivity (Wildman–Crippen MR) is 83.4 cm³/mol. The minimum absolute atomic E-state index is 0.129. The fraction of sp³-hybridized carbons (Fsp3) is 0. The van der Waals surface area contributed by atoms with Crippen LogP contribution < -0.4 is 5.73 Å². The van der Waals surface area contributed by atoms with Crippen molar-refractivity contribution in [1.82, 2.24) is 0 Å². The van der Waals surface area contributed by atoms with E-state index in [0.717, 1.165) is 0 Å². The molecule has 2 rings (SSSR count). The van der Waals surface area contributed by atoms with Crippen LogP contribution in [0.1, 0.15) is 15.9 Å². The minimum atomic E-state index is -0.810. The summed E-state index contributed by atoms with van der Waals surface area (Å²) in [6, 6.07) is 5.48. The molecule has 2 aromatic carbocycles. The lowest BCUT2D eigenvalue weighted by atomic mass is 10.0. The van der Waals surface area contributed by atoms with E-state index < -0.39 is 11.6 Å². The lowest BCUT2D eigenvalue weighted by Gasteiger charge is -2.08. The third-order valence-corrected chi connectivity index (χ3v) is 4.51. The van der Waals surface area contributed by atoms with E-state index in [1.54, 1.807) is 0 Å². The van der Waals surface area contributed by atoms with Gasteiger partial charge in [0.2, 0.25) is 0 Å². The molecule has 0 aromatic heterocycles. The van der Waals surface area contributed by atoms with Crippen LogP contribution in [-0.2, 0) is 0 Å². The van der Waals surface area contributed by atoms with Gasteiger partial charge < -0.3 is 5.73 Å². The lowest BCUT2D eigenvalue weighted by Crippen LogP contribution is -2.06. The van der Waals surface area contributed by atoms with E-state index in [1.807, 2.05) is 0 Å². The van der Waals surface area contributed by atoms with Gasteiger partial charge in [0.25, 0.3) is 0 Å². The Bertz CT molecular complexity index is 698. The van der Waals surface area contributed by atoms with Crippen molar-refractivity contribution in [2.45, 2.75) is 0 Å². The summed E-state index contributed by atoms with van der Waals surface area (Å²) in [5.41, 5.74) is 5.71.